The monoisotopic (exact) mass is 502 g/mol. The largest absolute Gasteiger partial charge is 0.497 e. The minimum absolute atomic E-state index is 0.311. The van der Waals surface area contributed by atoms with Crippen molar-refractivity contribution >= 4 is 23.2 Å². The zero-order valence-corrected chi connectivity index (χ0v) is 20.6. The summed E-state index contributed by atoms with van der Waals surface area (Å²) in [6.45, 7) is 0. The maximum Gasteiger partial charge on any atom is 0.226 e. The van der Waals surface area contributed by atoms with Gasteiger partial charge in [-0.15, -0.1) is 0 Å². The van der Waals surface area contributed by atoms with Gasteiger partial charge in [-0.25, -0.2) is 4.68 Å². The molecule has 0 saturated heterocycles. The van der Waals surface area contributed by atoms with E-state index in [1.165, 1.54) is 0 Å². The third kappa shape index (κ3) is 3.53. The van der Waals surface area contributed by atoms with Crippen molar-refractivity contribution in [3.63, 3.8) is 0 Å². The molecule has 0 bridgehead atoms. The molecule has 2 aliphatic heterocycles. The summed E-state index contributed by atoms with van der Waals surface area (Å²) in [5, 5.41) is 8.66. The molecule has 182 valence electrons. The smallest absolute Gasteiger partial charge is 0.226 e. The second kappa shape index (κ2) is 8.80. The maximum absolute atomic E-state index is 6.68. The van der Waals surface area contributed by atoms with E-state index in [9.17, 15) is 0 Å². The van der Waals surface area contributed by atoms with Crippen LogP contribution in [0.15, 0.2) is 72.6 Å². The summed E-state index contributed by atoms with van der Waals surface area (Å²) in [5.74, 6) is 3.45. The van der Waals surface area contributed by atoms with E-state index < -0.39 is 6.10 Å². The molecule has 0 unspecified atom stereocenters. The van der Waals surface area contributed by atoms with Crippen LogP contribution in [0.25, 0.3) is 5.70 Å². The number of nitrogens with zero attached hydrogens (tertiary/aromatic N) is 3. The second-order valence-electron chi connectivity index (χ2n) is 8.41. The number of hydrogen-bond acceptors (Lipinski definition) is 7. The highest BCUT2D eigenvalue weighted by Gasteiger charge is 2.42. The van der Waals surface area contributed by atoms with Crippen LogP contribution in [0.1, 0.15) is 28.8 Å². The Morgan fingerprint density at radius 1 is 0.917 bits per heavy atom. The maximum atomic E-state index is 6.68. The Balaban J connectivity index is 1.62. The molecule has 36 heavy (non-hydrogen) atoms. The van der Waals surface area contributed by atoms with E-state index in [1.807, 2.05) is 65.3 Å². The lowest BCUT2D eigenvalue weighted by Gasteiger charge is -2.39. The van der Waals surface area contributed by atoms with Gasteiger partial charge in [-0.3, -0.25) is 0 Å². The number of hydrogen-bond donors (Lipinski definition) is 1. The van der Waals surface area contributed by atoms with Crippen LogP contribution in [0, 0.1) is 0 Å². The molecular formula is C27H23ClN4O4. The molecule has 0 fully saturated rings. The molecule has 6 rings (SSSR count). The van der Waals surface area contributed by atoms with Gasteiger partial charge < -0.3 is 24.3 Å². The minimum Gasteiger partial charge on any atom is -0.497 e. The van der Waals surface area contributed by atoms with E-state index >= 15 is 0 Å². The first-order chi connectivity index (χ1) is 17.6. The van der Waals surface area contributed by atoms with Crippen LogP contribution in [-0.2, 0) is 0 Å². The van der Waals surface area contributed by atoms with Crippen molar-refractivity contribution in [2.75, 3.05) is 26.6 Å². The summed E-state index contributed by atoms with van der Waals surface area (Å²) in [7, 11) is 4.92. The molecule has 2 atom stereocenters. The van der Waals surface area contributed by atoms with Crippen molar-refractivity contribution < 1.29 is 18.9 Å². The fourth-order valence-corrected chi connectivity index (χ4v) is 5.01. The third-order valence-corrected chi connectivity index (χ3v) is 6.77. The van der Waals surface area contributed by atoms with Crippen molar-refractivity contribution in [3.05, 3.63) is 94.3 Å². The van der Waals surface area contributed by atoms with Crippen LogP contribution in [0.4, 0.5) is 5.95 Å². The number of methoxy groups -OCH3 is 3. The first-order valence-electron chi connectivity index (χ1n) is 11.3. The molecule has 0 amide bonds. The van der Waals surface area contributed by atoms with Crippen LogP contribution in [0.5, 0.6) is 23.0 Å². The van der Waals surface area contributed by atoms with Gasteiger partial charge in [0.25, 0.3) is 0 Å². The normalized spacial score (nSPS) is 17.8. The lowest BCUT2D eigenvalue weighted by molar-refractivity contribution is 0.217. The van der Waals surface area contributed by atoms with Gasteiger partial charge in [0.1, 0.15) is 35.4 Å². The van der Waals surface area contributed by atoms with Crippen molar-refractivity contribution in [2.45, 2.75) is 12.1 Å². The van der Waals surface area contributed by atoms with Crippen LogP contribution in [0.2, 0.25) is 5.02 Å². The van der Waals surface area contributed by atoms with E-state index in [0.717, 1.165) is 33.7 Å². The van der Waals surface area contributed by atoms with Crippen LogP contribution in [0.3, 0.4) is 0 Å². The van der Waals surface area contributed by atoms with Gasteiger partial charge in [0.15, 0.2) is 6.10 Å². The molecule has 0 spiro atoms. The van der Waals surface area contributed by atoms with Gasteiger partial charge in [0.2, 0.25) is 5.95 Å². The summed E-state index contributed by atoms with van der Waals surface area (Å²) in [6, 6.07) is 18.9. The lowest BCUT2D eigenvalue weighted by Crippen LogP contribution is -2.32. The van der Waals surface area contributed by atoms with E-state index in [0.29, 0.717) is 28.2 Å². The Morgan fingerprint density at radius 3 is 2.44 bits per heavy atom. The molecule has 0 saturated carbocycles. The number of benzene rings is 3. The molecule has 3 heterocycles. The summed E-state index contributed by atoms with van der Waals surface area (Å²) in [5.41, 5.74) is 4.55. The van der Waals surface area contributed by atoms with Crippen molar-refractivity contribution in [1.82, 2.24) is 14.8 Å². The average Bonchev–Trinajstić information content (AvgIpc) is 3.39. The highest BCUT2D eigenvalue weighted by molar-refractivity contribution is 6.30. The van der Waals surface area contributed by atoms with Gasteiger partial charge in [-0.05, 0) is 48.0 Å². The van der Waals surface area contributed by atoms with Crippen molar-refractivity contribution in [3.8, 4) is 23.0 Å². The molecule has 0 aliphatic carbocycles. The molecule has 9 heteroatoms. The fraction of sp³-hybridized carbons (Fsp3) is 0.185. The number of ether oxygens (including phenoxy) is 4. The van der Waals surface area contributed by atoms with E-state index in [1.54, 1.807) is 27.7 Å². The summed E-state index contributed by atoms with van der Waals surface area (Å²) < 4.78 is 25.1. The van der Waals surface area contributed by atoms with Gasteiger partial charge in [0, 0.05) is 27.8 Å². The Morgan fingerprint density at radius 2 is 1.69 bits per heavy atom. The minimum atomic E-state index is -0.494. The topological polar surface area (TPSA) is 79.7 Å². The SMILES string of the molecule is COc1ccc([C@@H]2C3=C(Nc4ncnn42)c2cc(Cl)ccc2O[C@@H]3c2ccc(OC)cc2OC)cc1. The number of halogens is 1. The summed E-state index contributed by atoms with van der Waals surface area (Å²) >= 11 is 6.42. The lowest BCUT2D eigenvalue weighted by atomic mass is 9.84. The number of nitrogens with one attached hydrogen (secondary N) is 1. The molecule has 1 N–H and O–H groups in total. The summed E-state index contributed by atoms with van der Waals surface area (Å²) in [6.07, 6.45) is 1.05. The predicted molar refractivity (Wildman–Crippen MR) is 136 cm³/mol. The summed E-state index contributed by atoms with van der Waals surface area (Å²) in [4.78, 5) is 4.47. The van der Waals surface area contributed by atoms with Crippen molar-refractivity contribution in [2.24, 2.45) is 0 Å². The second-order valence-corrected chi connectivity index (χ2v) is 8.84. The van der Waals surface area contributed by atoms with Gasteiger partial charge >= 0.3 is 0 Å². The van der Waals surface area contributed by atoms with Gasteiger partial charge in [-0.2, -0.15) is 10.1 Å². The fourth-order valence-electron chi connectivity index (χ4n) is 4.84. The standard InChI is InChI=1S/C27H23ClN4O4/c1-33-17-7-4-15(5-8-17)25-23-24(31-27-29-14-30-32(25)27)20-12-16(28)6-11-21(20)36-26(23)19-10-9-18(34-2)13-22(19)35-3/h4-14,25-26H,1-3H3,(H,29,30,31)/t25-,26-/m1/s1. The zero-order chi connectivity index (χ0) is 24.8. The molecule has 2 aliphatic rings. The van der Waals surface area contributed by atoms with Crippen LogP contribution in [-0.4, -0.2) is 36.1 Å². The van der Waals surface area contributed by atoms with E-state index in [2.05, 4.69) is 15.4 Å². The quantitative estimate of drug-likeness (QED) is 0.385. The van der Waals surface area contributed by atoms with Crippen molar-refractivity contribution in [1.29, 1.82) is 0 Å². The highest BCUT2D eigenvalue weighted by Crippen LogP contribution is 2.52. The molecule has 1 aromatic heterocycles. The Kier molecular flexibility index (Phi) is 5.45. The molecule has 0 radical (unpaired) electrons. The Bertz CT molecular complexity index is 1480. The number of anilines is 1. The van der Waals surface area contributed by atoms with Gasteiger partial charge in [-0.1, -0.05) is 23.7 Å². The third-order valence-electron chi connectivity index (χ3n) is 6.53. The average molecular weight is 503 g/mol. The van der Waals surface area contributed by atoms with Gasteiger partial charge in [0.05, 0.1) is 27.0 Å². The molecule has 4 aromatic rings. The molecular weight excluding hydrogens is 480 g/mol. The molecule has 3 aromatic carbocycles. The predicted octanol–water partition coefficient (Wildman–Crippen LogP) is 5.52. The Labute approximate surface area is 213 Å². The highest BCUT2D eigenvalue weighted by atomic mass is 35.5. The first kappa shape index (κ1) is 22.3. The van der Waals surface area contributed by atoms with E-state index in [4.69, 9.17) is 30.5 Å². The van der Waals surface area contributed by atoms with E-state index in [-0.39, 0.29) is 6.04 Å². The number of rotatable bonds is 5. The zero-order valence-electron chi connectivity index (χ0n) is 19.9. The Hall–Kier alpha value is -4.17. The first-order valence-corrected chi connectivity index (χ1v) is 11.7. The van der Waals surface area contributed by atoms with Crippen LogP contribution >= 0.6 is 11.6 Å². The molecule has 8 nitrogen and oxygen atoms in total. The number of fused-ring (bicyclic) bond motifs is 3. The number of aromatic nitrogens is 3. The van der Waals surface area contributed by atoms with Crippen LogP contribution < -0.4 is 24.3 Å².